The van der Waals surface area contributed by atoms with E-state index < -0.39 is 11.9 Å². The summed E-state index contributed by atoms with van der Waals surface area (Å²) < 4.78 is 0.822. The van der Waals surface area contributed by atoms with Gasteiger partial charge in [-0.3, -0.25) is 4.79 Å². The van der Waals surface area contributed by atoms with Crippen molar-refractivity contribution in [2.75, 3.05) is 0 Å². The number of halogens is 1. The van der Waals surface area contributed by atoms with Crippen LogP contribution in [0.4, 0.5) is 0 Å². The Morgan fingerprint density at radius 2 is 2.24 bits per heavy atom. The summed E-state index contributed by atoms with van der Waals surface area (Å²) >= 11 is 4.87. The lowest BCUT2D eigenvalue weighted by Crippen LogP contribution is -2.15. The maximum Gasteiger partial charge on any atom is 0.311 e. The third kappa shape index (κ3) is 2.92. The molecule has 88 valence electrons. The number of hydrogen-bond acceptors (Lipinski definition) is 3. The van der Waals surface area contributed by atoms with Gasteiger partial charge in [-0.05, 0) is 11.6 Å². The molecule has 1 unspecified atom stereocenters. The molecule has 2 aromatic rings. The van der Waals surface area contributed by atoms with Gasteiger partial charge in [0.15, 0.2) is 0 Å². The summed E-state index contributed by atoms with van der Waals surface area (Å²) in [4.78, 5) is 15.5. The molecule has 0 aliphatic heterocycles. The van der Waals surface area contributed by atoms with Crippen LogP contribution in [-0.2, 0) is 11.2 Å². The number of rotatable bonds is 4. The average Bonchev–Trinajstić information content (AvgIpc) is 2.79. The van der Waals surface area contributed by atoms with Crippen LogP contribution in [-0.4, -0.2) is 16.1 Å². The van der Waals surface area contributed by atoms with Crippen molar-refractivity contribution in [1.82, 2.24) is 4.98 Å². The Balaban J connectivity index is 2.30. The summed E-state index contributed by atoms with van der Waals surface area (Å²) in [5.74, 6) is -1.39. The number of carbonyl (C=O) groups is 1. The molecule has 0 aliphatic rings. The van der Waals surface area contributed by atoms with Crippen LogP contribution >= 0.6 is 27.3 Å². The first-order valence-electron chi connectivity index (χ1n) is 5.03. The molecule has 0 fully saturated rings. The quantitative estimate of drug-likeness (QED) is 0.942. The Morgan fingerprint density at radius 1 is 1.47 bits per heavy atom. The van der Waals surface area contributed by atoms with E-state index >= 15 is 0 Å². The first-order chi connectivity index (χ1) is 8.18. The first kappa shape index (κ1) is 12.3. The van der Waals surface area contributed by atoms with E-state index in [9.17, 15) is 9.90 Å². The second-order valence-corrected chi connectivity index (χ2v) is 5.17. The SMILES string of the molecule is O=C(O)C(Cc1cscn1)c1ccccc1Br. The molecule has 0 radical (unpaired) electrons. The topological polar surface area (TPSA) is 50.2 Å². The standard InChI is InChI=1S/C12H10BrNO2S/c13-11-4-2-1-3-9(11)10(12(15)16)5-8-6-17-7-14-8/h1-4,6-7,10H,5H2,(H,15,16). The van der Waals surface area contributed by atoms with Gasteiger partial charge < -0.3 is 5.11 Å². The lowest BCUT2D eigenvalue weighted by molar-refractivity contribution is -0.138. The van der Waals surface area contributed by atoms with Crippen molar-refractivity contribution in [3.63, 3.8) is 0 Å². The van der Waals surface area contributed by atoms with Gasteiger partial charge in [0.1, 0.15) is 0 Å². The van der Waals surface area contributed by atoms with E-state index in [-0.39, 0.29) is 0 Å². The highest BCUT2D eigenvalue weighted by molar-refractivity contribution is 9.10. The molecule has 2 rings (SSSR count). The van der Waals surface area contributed by atoms with Crippen molar-refractivity contribution >= 4 is 33.2 Å². The molecule has 0 amide bonds. The fraction of sp³-hybridized carbons (Fsp3) is 0.167. The Morgan fingerprint density at radius 3 is 2.82 bits per heavy atom. The van der Waals surface area contributed by atoms with Crippen LogP contribution in [0.2, 0.25) is 0 Å². The van der Waals surface area contributed by atoms with Crippen molar-refractivity contribution < 1.29 is 9.90 Å². The molecule has 1 heterocycles. The van der Waals surface area contributed by atoms with Crippen LogP contribution in [0.3, 0.4) is 0 Å². The van der Waals surface area contributed by atoms with E-state index in [1.54, 1.807) is 5.51 Å². The molecule has 5 heteroatoms. The number of carboxylic acid groups (broad SMARTS) is 1. The Hall–Kier alpha value is -1.20. The fourth-order valence-corrected chi connectivity index (χ4v) is 2.77. The van der Waals surface area contributed by atoms with Gasteiger partial charge in [-0.25, -0.2) is 4.98 Å². The monoisotopic (exact) mass is 311 g/mol. The second kappa shape index (κ2) is 5.42. The molecular weight excluding hydrogens is 302 g/mol. The van der Waals surface area contributed by atoms with Crippen molar-refractivity contribution in [3.8, 4) is 0 Å². The predicted molar refractivity (Wildman–Crippen MR) is 70.3 cm³/mol. The largest absolute Gasteiger partial charge is 0.481 e. The molecular formula is C12H10BrNO2S. The normalized spacial score (nSPS) is 12.3. The molecule has 1 N–H and O–H groups in total. The summed E-state index contributed by atoms with van der Waals surface area (Å²) in [6.45, 7) is 0. The van der Waals surface area contributed by atoms with Crippen molar-refractivity contribution in [3.05, 3.63) is 50.9 Å². The first-order valence-corrected chi connectivity index (χ1v) is 6.76. The zero-order chi connectivity index (χ0) is 12.3. The molecule has 0 saturated heterocycles. The lowest BCUT2D eigenvalue weighted by atomic mass is 9.95. The Kier molecular flexibility index (Phi) is 3.91. The molecule has 0 saturated carbocycles. The number of benzene rings is 1. The van der Waals surface area contributed by atoms with E-state index in [4.69, 9.17) is 0 Å². The third-order valence-corrected chi connectivity index (χ3v) is 3.83. The van der Waals surface area contributed by atoms with Gasteiger partial charge in [-0.15, -0.1) is 11.3 Å². The number of thiazole rings is 1. The van der Waals surface area contributed by atoms with E-state index in [1.165, 1.54) is 11.3 Å². The molecule has 1 aromatic heterocycles. The summed E-state index contributed by atoms with van der Waals surface area (Å²) in [5, 5.41) is 11.2. The summed E-state index contributed by atoms with van der Waals surface area (Å²) in [6, 6.07) is 7.40. The fourth-order valence-electron chi connectivity index (χ4n) is 1.64. The number of nitrogens with zero attached hydrogens (tertiary/aromatic N) is 1. The molecule has 0 spiro atoms. The number of hydrogen-bond donors (Lipinski definition) is 1. The van der Waals surface area contributed by atoms with Crippen LogP contribution in [0, 0.1) is 0 Å². The van der Waals surface area contributed by atoms with Crippen molar-refractivity contribution in [1.29, 1.82) is 0 Å². The van der Waals surface area contributed by atoms with Crippen molar-refractivity contribution in [2.24, 2.45) is 0 Å². The maximum atomic E-state index is 11.3. The average molecular weight is 312 g/mol. The summed E-state index contributed by atoms with van der Waals surface area (Å²) in [7, 11) is 0. The molecule has 3 nitrogen and oxygen atoms in total. The lowest BCUT2D eigenvalue weighted by Gasteiger charge is -2.13. The van der Waals surface area contributed by atoms with Gasteiger partial charge in [-0.1, -0.05) is 34.1 Å². The van der Waals surface area contributed by atoms with Crippen LogP contribution in [0.25, 0.3) is 0 Å². The predicted octanol–water partition coefficient (Wildman–Crippen LogP) is 3.32. The Bertz CT molecular complexity index is 513. The summed E-state index contributed by atoms with van der Waals surface area (Å²) in [5.41, 5.74) is 3.32. The summed E-state index contributed by atoms with van der Waals surface area (Å²) in [6.07, 6.45) is 0.418. The number of aliphatic carboxylic acids is 1. The maximum absolute atomic E-state index is 11.3. The van der Waals surface area contributed by atoms with Crippen LogP contribution in [0.5, 0.6) is 0 Å². The van der Waals surface area contributed by atoms with E-state index in [1.807, 2.05) is 29.6 Å². The van der Waals surface area contributed by atoms with Gasteiger partial charge in [0.05, 0.1) is 17.1 Å². The highest BCUT2D eigenvalue weighted by Crippen LogP contribution is 2.28. The van der Waals surface area contributed by atoms with Crippen LogP contribution in [0.1, 0.15) is 17.2 Å². The van der Waals surface area contributed by atoms with Gasteiger partial charge in [0, 0.05) is 16.3 Å². The zero-order valence-electron chi connectivity index (χ0n) is 8.84. The highest BCUT2D eigenvalue weighted by atomic mass is 79.9. The number of aromatic nitrogens is 1. The molecule has 17 heavy (non-hydrogen) atoms. The minimum atomic E-state index is -0.829. The highest BCUT2D eigenvalue weighted by Gasteiger charge is 2.22. The smallest absolute Gasteiger partial charge is 0.311 e. The zero-order valence-corrected chi connectivity index (χ0v) is 11.2. The van der Waals surface area contributed by atoms with E-state index in [2.05, 4.69) is 20.9 Å². The minimum absolute atomic E-state index is 0.418. The van der Waals surface area contributed by atoms with Gasteiger partial charge >= 0.3 is 5.97 Å². The minimum Gasteiger partial charge on any atom is -0.481 e. The second-order valence-electron chi connectivity index (χ2n) is 3.60. The number of carboxylic acids is 1. The van der Waals surface area contributed by atoms with Crippen molar-refractivity contribution in [2.45, 2.75) is 12.3 Å². The molecule has 1 atom stereocenters. The Labute approximate surface area is 111 Å². The molecule has 0 bridgehead atoms. The third-order valence-electron chi connectivity index (χ3n) is 2.48. The molecule has 1 aromatic carbocycles. The van der Waals surface area contributed by atoms with Gasteiger partial charge in [0.2, 0.25) is 0 Å². The van der Waals surface area contributed by atoms with Crippen LogP contribution < -0.4 is 0 Å². The molecule has 0 aliphatic carbocycles. The van der Waals surface area contributed by atoms with E-state index in [0.29, 0.717) is 6.42 Å². The van der Waals surface area contributed by atoms with Gasteiger partial charge in [-0.2, -0.15) is 0 Å². The van der Waals surface area contributed by atoms with E-state index in [0.717, 1.165) is 15.7 Å². The van der Waals surface area contributed by atoms with Crippen LogP contribution in [0.15, 0.2) is 39.6 Å². The van der Waals surface area contributed by atoms with Gasteiger partial charge in [0.25, 0.3) is 0 Å².